The fraction of sp³-hybridized carbons (Fsp3) is 0.321. The van der Waals surface area contributed by atoms with Crippen molar-refractivity contribution in [2.45, 2.75) is 38.5 Å². The van der Waals surface area contributed by atoms with Crippen molar-refractivity contribution < 1.29 is 18.3 Å². The Balaban J connectivity index is 1.58. The van der Waals surface area contributed by atoms with E-state index >= 15 is 4.39 Å². The molecule has 0 aliphatic carbocycles. The molecule has 1 saturated heterocycles. The molecule has 10 nitrogen and oxygen atoms in total. The third-order valence-electron chi connectivity index (χ3n) is 7.67. The largest absolute Gasteiger partial charge is 0.488 e. The number of piperazine rings is 1. The second-order valence-electron chi connectivity index (χ2n) is 10.3. The summed E-state index contributed by atoms with van der Waals surface area (Å²) in [6.45, 7) is 8.57. The Morgan fingerprint density at radius 3 is 2.73 bits per heavy atom. The first-order chi connectivity index (χ1) is 19.7. The molecule has 212 valence electrons. The Labute approximate surface area is 238 Å². The van der Waals surface area contributed by atoms with E-state index in [1.54, 1.807) is 21.8 Å². The summed E-state index contributed by atoms with van der Waals surface area (Å²) in [5, 5.41) is 8.54. The van der Waals surface area contributed by atoms with Gasteiger partial charge in [0.25, 0.3) is 0 Å². The quantitative estimate of drug-likeness (QED) is 0.330. The number of carbonyl (C=O) groups excluding carboxylic acids is 1. The fourth-order valence-electron chi connectivity index (χ4n) is 5.75. The summed E-state index contributed by atoms with van der Waals surface area (Å²) in [6, 6.07) is 3.94. The number of nitrogens with zero attached hydrogens (tertiary/aromatic N) is 7. The van der Waals surface area contributed by atoms with Crippen molar-refractivity contribution in [3.63, 3.8) is 0 Å². The lowest BCUT2D eigenvalue weighted by Crippen LogP contribution is -2.58. The number of anilines is 1. The highest BCUT2D eigenvalue weighted by molar-refractivity contribution is 6.35. The van der Waals surface area contributed by atoms with Gasteiger partial charge in [0.1, 0.15) is 24.1 Å². The van der Waals surface area contributed by atoms with Gasteiger partial charge in [0.2, 0.25) is 5.91 Å². The maximum absolute atomic E-state index is 15.1. The molecule has 4 heterocycles. The second-order valence-corrected chi connectivity index (χ2v) is 10.7. The van der Waals surface area contributed by atoms with Crippen molar-refractivity contribution in [1.82, 2.24) is 29.4 Å². The molecule has 2 aliphatic heterocycles. The topological polar surface area (TPSA) is 98.4 Å². The number of hydrogen-bond donors (Lipinski definition) is 0. The first-order valence-electron chi connectivity index (χ1n) is 13.1. The Hall–Kier alpha value is -4.32. The van der Waals surface area contributed by atoms with Crippen molar-refractivity contribution in [1.29, 1.82) is 0 Å². The number of benzene rings is 2. The fourth-order valence-corrected chi connectivity index (χ4v) is 6.04. The van der Waals surface area contributed by atoms with Crippen molar-refractivity contribution in [3.8, 4) is 16.9 Å². The van der Waals surface area contributed by atoms with Gasteiger partial charge in [-0.15, -0.1) is 5.10 Å². The van der Waals surface area contributed by atoms with E-state index in [1.807, 2.05) is 18.7 Å². The van der Waals surface area contributed by atoms with Crippen molar-refractivity contribution in [2.75, 3.05) is 24.6 Å². The molecule has 2 aromatic carbocycles. The number of ether oxygens (including phenoxy) is 1. The van der Waals surface area contributed by atoms with Crippen LogP contribution in [-0.4, -0.2) is 67.1 Å². The van der Waals surface area contributed by atoms with Gasteiger partial charge in [-0.2, -0.15) is 4.98 Å². The van der Waals surface area contributed by atoms with Crippen LogP contribution in [0.1, 0.15) is 19.9 Å². The van der Waals surface area contributed by atoms with Crippen LogP contribution in [0.15, 0.2) is 54.1 Å². The van der Waals surface area contributed by atoms with Crippen LogP contribution in [0.2, 0.25) is 5.02 Å². The van der Waals surface area contributed by atoms with Crippen molar-refractivity contribution >= 4 is 34.2 Å². The lowest BCUT2D eigenvalue weighted by molar-refractivity contribution is -0.128. The summed E-state index contributed by atoms with van der Waals surface area (Å²) in [6.07, 6.45) is 4.49. The van der Waals surface area contributed by atoms with E-state index in [0.29, 0.717) is 29.8 Å². The van der Waals surface area contributed by atoms with Crippen LogP contribution < -0.4 is 15.3 Å². The predicted octanol–water partition coefficient (Wildman–Crippen LogP) is 3.83. The van der Waals surface area contributed by atoms with Gasteiger partial charge in [-0.1, -0.05) is 23.4 Å². The molecule has 2 aromatic heterocycles. The zero-order valence-corrected chi connectivity index (χ0v) is 23.1. The maximum Gasteiger partial charge on any atom is 0.350 e. The third kappa shape index (κ3) is 4.51. The standard InChI is InChI=1S/C28H26ClF2N7O3/c1-4-23(39)36-11-16(3)37(12-15(36)2)27-20-10-21(29)24(19-6-5-17(30)9-22(19)31)26-25(20)38(28(40)33-27)18(14-41-26)13-35-8-7-32-34-35/h4-10,15-16,18H,1,11-14H2,2-3H3/t15-,16+,18?/m1/s1. The molecule has 0 saturated carbocycles. The highest BCUT2D eigenvalue weighted by Crippen LogP contribution is 2.47. The SMILES string of the molecule is C=CC(=O)N1C[C@H](C)N(c2nc(=O)n3c4c(c(-c5ccc(F)cc5F)c(Cl)cc24)OCC3Cn2ccnn2)C[C@H]1C. The summed E-state index contributed by atoms with van der Waals surface area (Å²) >= 11 is 6.80. The number of rotatable bonds is 5. The van der Waals surface area contributed by atoms with Crippen LogP contribution in [0.5, 0.6) is 5.75 Å². The van der Waals surface area contributed by atoms with Crippen LogP contribution in [0, 0.1) is 11.6 Å². The highest BCUT2D eigenvalue weighted by atomic mass is 35.5. The third-order valence-corrected chi connectivity index (χ3v) is 7.97. The first kappa shape index (κ1) is 26.9. The summed E-state index contributed by atoms with van der Waals surface area (Å²) in [5.74, 6) is -1.14. The van der Waals surface area contributed by atoms with E-state index in [-0.39, 0.29) is 53.0 Å². The van der Waals surface area contributed by atoms with E-state index in [1.165, 1.54) is 22.9 Å². The normalized spacial score (nSPS) is 20.3. The molecule has 1 unspecified atom stereocenters. The Morgan fingerprint density at radius 1 is 1.22 bits per heavy atom. The zero-order chi connectivity index (χ0) is 29.0. The summed E-state index contributed by atoms with van der Waals surface area (Å²) in [4.78, 5) is 34.4. The number of halogens is 3. The molecule has 2 aliphatic rings. The minimum absolute atomic E-state index is 0.0407. The van der Waals surface area contributed by atoms with Gasteiger partial charge in [0, 0.05) is 53.9 Å². The second kappa shape index (κ2) is 10.3. The van der Waals surface area contributed by atoms with Crippen LogP contribution >= 0.6 is 11.6 Å². The Morgan fingerprint density at radius 2 is 2.02 bits per heavy atom. The van der Waals surface area contributed by atoms with E-state index in [2.05, 4.69) is 21.9 Å². The maximum atomic E-state index is 15.1. The number of amides is 1. The van der Waals surface area contributed by atoms with Gasteiger partial charge < -0.3 is 14.5 Å². The lowest BCUT2D eigenvalue weighted by Gasteiger charge is -2.45. The van der Waals surface area contributed by atoms with E-state index in [0.717, 1.165) is 12.1 Å². The summed E-state index contributed by atoms with van der Waals surface area (Å²) < 4.78 is 38.2. The minimum atomic E-state index is -0.815. The van der Waals surface area contributed by atoms with Crippen LogP contribution in [-0.2, 0) is 11.3 Å². The molecule has 0 N–H and O–H groups in total. The molecule has 1 amide bonds. The molecule has 3 atom stereocenters. The average molecular weight is 582 g/mol. The van der Waals surface area contributed by atoms with Gasteiger partial charge >= 0.3 is 5.69 Å². The Kier molecular flexibility index (Phi) is 6.72. The van der Waals surface area contributed by atoms with E-state index in [4.69, 9.17) is 16.3 Å². The lowest BCUT2D eigenvalue weighted by atomic mass is 9.99. The molecule has 1 fully saturated rings. The Bertz CT molecular complexity index is 1740. The average Bonchev–Trinajstić information content (AvgIpc) is 3.45. The van der Waals surface area contributed by atoms with Crippen LogP contribution in [0.25, 0.3) is 22.0 Å². The molecule has 4 aromatic rings. The van der Waals surface area contributed by atoms with Crippen molar-refractivity contribution in [3.05, 3.63) is 76.5 Å². The molecule has 0 radical (unpaired) electrons. The number of aromatic nitrogens is 5. The monoisotopic (exact) mass is 581 g/mol. The molecular formula is C28H26ClF2N7O3. The van der Waals surface area contributed by atoms with Crippen LogP contribution in [0.4, 0.5) is 14.6 Å². The van der Waals surface area contributed by atoms with E-state index < -0.39 is 23.4 Å². The van der Waals surface area contributed by atoms with Gasteiger partial charge in [-0.25, -0.2) is 13.6 Å². The molecule has 0 spiro atoms. The molecule has 0 bridgehead atoms. The molecule has 41 heavy (non-hydrogen) atoms. The molecule has 13 heteroatoms. The van der Waals surface area contributed by atoms with Gasteiger partial charge in [0.05, 0.1) is 29.3 Å². The zero-order valence-electron chi connectivity index (χ0n) is 22.3. The van der Waals surface area contributed by atoms with Crippen LogP contribution in [0.3, 0.4) is 0 Å². The van der Waals surface area contributed by atoms with Gasteiger partial charge in [-0.3, -0.25) is 14.0 Å². The molecule has 6 rings (SSSR count). The van der Waals surface area contributed by atoms with Gasteiger partial charge in [-0.05, 0) is 38.1 Å². The molecular weight excluding hydrogens is 556 g/mol. The first-order valence-corrected chi connectivity index (χ1v) is 13.5. The number of hydrogen-bond acceptors (Lipinski definition) is 7. The highest BCUT2D eigenvalue weighted by Gasteiger charge is 2.36. The number of carbonyl (C=O) groups is 1. The van der Waals surface area contributed by atoms with E-state index in [9.17, 15) is 14.0 Å². The van der Waals surface area contributed by atoms with Gasteiger partial charge in [0.15, 0.2) is 5.75 Å². The van der Waals surface area contributed by atoms with Crippen molar-refractivity contribution in [2.24, 2.45) is 0 Å². The summed E-state index contributed by atoms with van der Waals surface area (Å²) in [7, 11) is 0. The smallest absolute Gasteiger partial charge is 0.350 e. The predicted molar refractivity (Wildman–Crippen MR) is 149 cm³/mol. The summed E-state index contributed by atoms with van der Waals surface area (Å²) in [5.41, 5.74) is 0.117. The minimum Gasteiger partial charge on any atom is -0.488 e.